The maximum absolute atomic E-state index is 11.7. The number of hydrogen-bond donors (Lipinski definition) is 1. The van der Waals surface area contributed by atoms with E-state index in [1.54, 1.807) is 0 Å². The fourth-order valence-electron chi connectivity index (χ4n) is 1.41. The highest BCUT2D eigenvalue weighted by atomic mass is 16.5. The minimum Gasteiger partial charge on any atom is -0.471 e. The first-order valence-corrected chi connectivity index (χ1v) is 5.16. The second-order valence-electron chi connectivity index (χ2n) is 4.34. The first-order chi connectivity index (χ1) is 7.57. The molecule has 0 saturated heterocycles. The summed E-state index contributed by atoms with van der Waals surface area (Å²) in [6, 6.07) is 9.24. The Balaban J connectivity index is 2.05. The van der Waals surface area contributed by atoms with E-state index in [4.69, 9.17) is 4.74 Å². The average molecular weight is 218 g/mol. The van der Waals surface area contributed by atoms with Gasteiger partial charge in [0.25, 0.3) is 5.90 Å². The van der Waals surface area contributed by atoms with Gasteiger partial charge in [0, 0.05) is 5.69 Å². The first-order valence-electron chi connectivity index (χ1n) is 5.16. The van der Waals surface area contributed by atoms with Gasteiger partial charge in [0.15, 0.2) is 0 Å². The highest BCUT2D eigenvalue weighted by Crippen LogP contribution is 2.17. The van der Waals surface area contributed by atoms with Crippen LogP contribution in [0.4, 0.5) is 5.69 Å². The molecule has 1 heterocycles. The number of carbonyl (C=O) groups excluding carboxylic acids is 1. The number of rotatable bonds is 2. The predicted octanol–water partition coefficient (Wildman–Crippen LogP) is 1.83. The van der Waals surface area contributed by atoms with Crippen molar-refractivity contribution in [3.8, 4) is 0 Å². The van der Waals surface area contributed by atoms with Gasteiger partial charge in [-0.3, -0.25) is 4.79 Å². The van der Waals surface area contributed by atoms with Crippen molar-refractivity contribution in [2.75, 3.05) is 11.9 Å². The zero-order valence-electron chi connectivity index (χ0n) is 9.36. The Morgan fingerprint density at radius 1 is 1.38 bits per heavy atom. The van der Waals surface area contributed by atoms with Crippen LogP contribution in [0.3, 0.4) is 0 Å². The summed E-state index contributed by atoms with van der Waals surface area (Å²) in [5, 5.41) is 2.73. The lowest BCUT2D eigenvalue weighted by Gasteiger charge is -2.07. The van der Waals surface area contributed by atoms with Crippen LogP contribution < -0.4 is 5.32 Å². The van der Waals surface area contributed by atoms with Crippen LogP contribution in [0.15, 0.2) is 35.3 Å². The number of nitrogens with one attached hydrogen (secondary N) is 1. The van der Waals surface area contributed by atoms with Gasteiger partial charge in [-0.1, -0.05) is 18.2 Å². The summed E-state index contributed by atoms with van der Waals surface area (Å²) in [5.41, 5.74) is 0.437. The third kappa shape index (κ3) is 2.39. The highest BCUT2D eigenvalue weighted by Gasteiger charge is 2.30. The van der Waals surface area contributed by atoms with Crippen LogP contribution in [0.25, 0.3) is 0 Å². The fraction of sp³-hybridized carbons (Fsp3) is 0.333. The molecule has 0 fully saturated rings. The maximum atomic E-state index is 11.7. The number of benzene rings is 1. The largest absolute Gasteiger partial charge is 0.471 e. The number of para-hydroxylation sites is 1. The SMILES string of the molecule is CC1(C)COC(C(=O)Nc2ccccc2)=N1. The maximum Gasteiger partial charge on any atom is 0.310 e. The van der Waals surface area contributed by atoms with E-state index in [1.807, 2.05) is 44.2 Å². The first kappa shape index (κ1) is 10.7. The molecule has 0 unspecified atom stereocenters. The Morgan fingerprint density at radius 2 is 2.06 bits per heavy atom. The lowest BCUT2D eigenvalue weighted by Crippen LogP contribution is -2.22. The lowest BCUT2D eigenvalue weighted by atomic mass is 10.1. The molecule has 0 spiro atoms. The molecule has 0 bridgehead atoms. The summed E-state index contributed by atoms with van der Waals surface area (Å²) in [6.45, 7) is 4.30. The molecule has 1 aromatic rings. The summed E-state index contributed by atoms with van der Waals surface area (Å²) in [5.74, 6) is -0.134. The van der Waals surface area contributed by atoms with Crippen LogP contribution >= 0.6 is 0 Å². The van der Waals surface area contributed by atoms with Gasteiger partial charge < -0.3 is 10.1 Å². The number of nitrogens with zero attached hydrogens (tertiary/aromatic N) is 1. The second kappa shape index (κ2) is 3.96. The lowest BCUT2D eigenvalue weighted by molar-refractivity contribution is -0.111. The van der Waals surface area contributed by atoms with E-state index >= 15 is 0 Å². The third-order valence-electron chi connectivity index (χ3n) is 2.19. The Bertz CT molecular complexity index is 424. The minimum atomic E-state index is -0.302. The number of ether oxygens (including phenoxy) is 1. The van der Waals surface area contributed by atoms with Gasteiger partial charge in [0.1, 0.15) is 6.61 Å². The quantitative estimate of drug-likeness (QED) is 0.823. The molecule has 0 aliphatic carbocycles. The number of hydrogen-bond acceptors (Lipinski definition) is 3. The summed E-state index contributed by atoms with van der Waals surface area (Å²) in [4.78, 5) is 15.9. The number of anilines is 1. The van der Waals surface area contributed by atoms with Crippen molar-refractivity contribution in [1.82, 2.24) is 0 Å². The van der Waals surface area contributed by atoms with E-state index in [9.17, 15) is 4.79 Å². The standard InChI is InChI=1S/C12H14N2O2/c1-12(2)8-16-11(14-12)10(15)13-9-6-4-3-5-7-9/h3-7H,8H2,1-2H3,(H,13,15). The fourth-order valence-corrected chi connectivity index (χ4v) is 1.41. The zero-order valence-corrected chi connectivity index (χ0v) is 9.36. The van der Waals surface area contributed by atoms with E-state index in [-0.39, 0.29) is 17.3 Å². The van der Waals surface area contributed by atoms with E-state index in [0.717, 1.165) is 5.69 Å². The third-order valence-corrected chi connectivity index (χ3v) is 2.19. The summed E-state index contributed by atoms with van der Waals surface area (Å²) >= 11 is 0. The molecule has 1 amide bonds. The smallest absolute Gasteiger partial charge is 0.310 e. The van der Waals surface area contributed by atoms with Crippen LogP contribution in [0, 0.1) is 0 Å². The van der Waals surface area contributed by atoms with E-state index in [2.05, 4.69) is 10.3 Å². The Hall–Kier alpha value is -1.84. The summed E-state index contributed by atoms with van der Waals surface area (Å²) in [7, 11) is 0. The van der Waals surface area contributed by atoms with Gasteiger partial charge >= 0.3 is 5.91 Å². The minimum absolute atomic E-state index is 0.161. The molecule has 2 rings (SSSR count). The van der Waals surface area contributed by atoms with Crippen molar-refractivity contribution in [2.45, 2.75) is 19.4 Å². The van der Waals surface area contributed by atoms with Gasteiger partial charge in [-0.05, 0) is 26.0 Å². The molecule has 1 aliphatic rings. The highest BCUT2D eigenvalue weighted by molar-refractivity contribution is 6.40. The summed E-state index contributed by atoms with van der Waals surface area (Å²) < 4.78 is 5.24. The second-order valence-corrected chi connectivity index (χ2v) is 4.34. The van der Waals surface area contributed by atoms with E-state index < -0.39 is 0 Å². The van der Waals surface area contributed by atoms with E-state index in [1.165, 1.54) is 0 Å². The predicted molar refractivity (Wildman–Crippen MR) is 62.5 cm³/mol. The Morgan fingerprint density at radius 3 is 2.62 bits per heavy atom. The Labute approximate surface area is 94.3 Å². The van der Waals surface area contributed by atoms with Crippen LogP contribution in [0.2, 0.25) is 0 Å². The number of carbonyl (C=O) groups is 1. The van der Waals surface area contributed by atoms with Crippen molar-refractivity contribution < 1.29 is 9.53 Å². The molecule has 0 saturated carbocycles. The molecule has 0 radical (unpaired) electrons. The Kier molecular flexibility index (Phi) is 2.64. The van der Waals surface area contributed by atoms with Crippen molar-refractivity contribution in [1.29, 1.82) is 0 Å². The molecule has 1 N–H and O–H groups in total. The number of aliphatic imine (C=N–C) groups is 1. The van der Waals surface area contributed by atoms with Crippen LogP contribution in [0.1, 0.15) is 13.8 Å². The van der Waals surface area contributed by atoms with E-state index in [0.29, 0.717) is 6.61 Å². The molecule has 4 heteroatoms. The molecule has 84 valence electrons. The number of amides is 1. The molecule has 0 atom stereocenters. The molecule has 1 aliphatic heterocycles. The van der Waals surface area contributed by atoms with Gasteiger partial charge in [-0.15, -0.1) is 0 Å². The molecule has 1 aromatic carbocycles. The summed E-state index contributed by atoms with van der Waals surface area (Å²) in [6.07, 6.45) is 0. The molecular formula is C12H14N2O2. The van der Waals surface area contributed by atoms with Crippen LogP contribution in [-0.2, 0) is 9.53 Å². The zero-order chi connectivity index (χ0) is 11.6. The molecule has 16 heavy (non-hydrogen) atoms. The molecule has 0 aromatic heterocycles. The van der Waals surface area contributed by atoms with Crippen LogP contribution in [-0.4, -0.2) is 24.0 Å². The topological polar surface area (TPSA) is 50.7 Å². The monoisotopic (exact) mass is 218 g/mol. The molecular weight excluding hydrogens is 204 g/mol. The average Bonchev–Trinajstić information content (AvgIpc) is 2.60. The van der Waals surface area contributed by atoms with Gasteiger partial charge in [0.2, 0.25) is 0 Å². The van der Waals surface area contributed by atoms with Crippen LogP contribution in [0.5, 0.6) is 0 Å². The van der Waals surface area contributed by atoms with Gasteiger partial charge in [-0.25, -0.2) is 4.99 Å². The normalized spacial score (nSPS) is 17.5. The van der Waals surface area contributed by atoms with Crippen molar-refractivity contribution in [3.63, 3.8) is 0 Å². The van der Waals surface area contributed by atoms with Crippen molar-refractivity contribution in [2.24, 2.45) is 4.99 Å². The van der Waals surface area contributed by atoms with Crippen molar-refractivity contribution >= 4 is 17.5 Å². The van der Waals surface area contributed by atoms with Gasteiger partial charge in [0.05, 0.1) is 5.54 Å². The molecule has 4 nitrogen and oxygen atoms in total. The van der Waals surface area contributed by atoms with Gasteiger partial charge in [-0.2, -0.15) is 0 Å². The van der Waals surface area contributed by atoms with Crippen molar-refractivity contribution in [3.05, 3.63) is 30.3 Å².